The second-order valence-electron chi connectivity index (χ2n) is 7.04. The number of piperidine rings is 1. The van der Waals surface area contributed by atoms with Gasteiger partial charge >= 0.3 is 0 Å². The number of hydrogen-bond donors (Lipinski definition) is 2. The van der Waals surface area contributed by atoms with Crippen molar-refractivity contribution in [3.63, 3.8) is 0 Å². The first-order chi connectivity index (χ1) is 13.0. The molecule has 1 saturated heterocycles. The monoisotopic (exact) mass is 437 g/mol. The highest BCUT2D eigenvalue weighted by Crippen LogP contribution is 2.34. The van der Waals surface area contributed by atoms with Gasteiger partial charge in [-0.2, -0.15) is 0 Å². The molecule has 2 heterocycles. The summed E-state index contributed by atoms with van der Waals surface area (Å²) in [5, 5.41) is 8.46. The molecule has 0 unspecified atom stereocenters. The number of aromatic nitrogens is 1. The van der Waals surface area contributed by atoms with E-state index in [0.717, 1.165) is 42.4 Å². The summed E-state index contributed by atoms with van der Waals surface area (Å²) < 4.78 is 1.87. The van der Waals surface area contributed by atoms with Crippen LogP contribution < -0.4 is 10.6 Å². The van der Waals surface area contributed by atoms with Gasteiger partial charge in [-0.3, -0.25) is 4.79 Å². The Balaban J connectivity index is 0.00000225. The van der Waals surface area contributed by atoms with Crippen molar-refractivity contribution in [2.24, 2.45) is 7.05 Å². The zero-order chi connectivity index (χ0) is 19.0. The molecule has 0 aliphatic carbocycles. The molecule has 1 aliphatic rings. The highest BCUT2D eigenvalue weighted by atomic mass is 35.5. The molecule has 3 aromatic rings. The van der Waals surface area contributed by atoms with E-state index in [0.29, 0.717) is 15.7 Å². The molecule has 4 rings (SSSR count). The Labute approximate surface area is 180 Å². The lowest BCUT2D eigenvalue weighted by Gasteiger charge is -2.39. The summed E-state index contributed by atoms with van der Waals surface area (Å²) >= 11 is 12.5. The summed E-state index contributed by atoms with van der Waals surface area (Å²) in [7, 11) is 1.87. The van der Waals surface area contributed by atoms with Crippen LogP contribution in [0.2, 0.25) is 10.0 Å². The van der Waals surface area contributed by atoms with E-state index < -0.39 is 0 Å². The van der Waals surface area contributed by atoms with E-state index in [1.807, 2.05) is 41.9 Å². The van der Waals surface area contributed by atoms with Gasteiger partial charge in [0.05, 0.1) is 15.6 Å². The van der Waals surface area contributed by atoms with Crippen LogP contribution in [0.25, 0.3) is 10.9 Å². The van der Waals surface area contributed by atoms with Crippen molar-refractivity contribution in [2.45, 2.75) is 18.4 Å². The number of carbonyl (C=O) groups excluding carboxylic acids is 1. The summed E-state index contributed by atoms with van der Waals surface area (Å²) in [6, 6.07) is 15.7. The summed E-state index contributed by atoms with van der Waals surface area (Å²) in [5.41, 5.74) is 2.22. The molecule has 1 aliphatic heterocycles. The highest BCUT2D eigenvalue weighted by Gasteiger charge is 2.36. The van der Waals surface area contributed by atoms with Crippen LogP contribution in [-0.2, 0) is 12.6 Å². The number of hydrogen-bond acceptors (Lipinski definition) is 2. The van der Waals surface area contributed by atoms with Crippen LogP contribution in [0.4, 0.5) is 0 Å². The number of halogens is 3. The molecule has 7 heteroatoms. The highest BCUT2D eigenvalue weighted by molar-refractivity contribution is 6.45. The number of nitrogens with zero attached hydrogens (tertiary/aromatic N) is 1. The number of aryl methyl sites for hydroxylation is 1. The van der Waals surface area contributed by atoms with E-state index in [2.05, 4.69) is 22.8 Å². The smallest absolute Gasteiger partial charge is 0.268 e. The maximum Gasteiger partial charge on any atom is 0.268 e. The number of amides is 1. The van der Waals surface area contributed by atoms with Gasteiger partial charge in [-0.25, -0.2) is 0 Å². The molecule has 1 amide bonds. The summed E-state index contributed by atoms with van der Waals surface area (Å²) in [6.45, 7) is 1.73. The quantitative estimate of drug-likeness (QED) is 0.610. The van der Waals surface area contributed by atoms with Crippen LogP contribution in [0.5, 0.6) is 0 Å². The molecule has 1 aromatic heterocycles. The molecule has 1 fully saturated rings. The van der Waals surface area contributed by atoms with Crippen LogP contribution in [0.1, 0.15) is 28.9 Å². The van der Waals surface area contributed by atoms with Gasteiger partial charge in [0.1, 0.15) is 5.69 Å². The van der Waals surface area contributed by atoms with Crippen LogP contribution in [-0.4, -0.2) is 23.6 Å². The number of carbonyl (C=O) groups is 1. The van der Waals surface area contributed by atoms with Crippen molar-refractivity contribution in [1.82, 2.24) is 15.2 Å². The first-order valence-electron chi connectivity index (χ1n) is 9.04. The topological polar surface area (TPSA) is 46.1 Å². The van der Waals surface area contributed by atoms with Crippen molar-refractivity contribution >= 4 is 52.4 Å². The predicted octanol–water partition coefficient (Wildman–Crippen LogP) is 4.92. The molecule has 4 nitrogen and oxygen atoms in total. The molecule has 28 heavy (non-hydrogen) atoms. The van der Waals surface area contributed by atoms with Crippen molar-refractivity contribution in [3.8, 4) is 0 Å². The second-order valence-corrected chi connectivity index (χ2v) is 7.82. The van der Waals surface area contributed by atoms with Crippen molar-refractivity contribution < 1.29 is 4.79 Å². The minimum atomic E-state index is -0.374. The summed E-state index contributed by atoms with van der Waals surface area (Å²) in [5.74, 6) is -0.105. The lowest BCUT2D eigenvalue weighted by molar-refractivity contribution is 0.0864. The summed E-state index contributed by atoms with van der Waals surface area (Å²) in [6.07, 6.45) is 1.69. The van der Waals surface area contributed by atoms with Crippen LogP contribution in [0, 0.1) is 0 Å². The van der Waals surface area contributed by atoms with Crippen LogP contribution in [0.3, 0.4) is 0 Å². The number of benzene rings is 2. The molecule has 0 bridgehead atoms. The van der Waals surface area contributed by atoms with Crippen LogP contribution >= 0.6 is 35.6 Å². The SMILES string of the molecule is Cl.Cn1c(C(=O)NC2(c3ccccc3)CCNCC2)cc2c(Cl)c(Cl)ccc21. The van der Waals surface area contributed by atoms with Crippen LogP contribution in [0.15, 0.2) is 48.5 Å². The minimum Gasteiger partial charge on any atom is -0.341 e. The van der Waals surface area contributed by atoms with Gasteiger partial charge in [-0.05, 0) is 49.7 Å². The Hall–Kier alpha value is -1.72. The maximum absolute atomic E-state index is 13.2. The zero-order valence-corrected chi connectivity index (χ0v) is 17.8. The van der Waals surface area contributed by atoms with Gasteiger partial charge < -0.3 is 15.2 Å². The molecule has 2 aromatic carbocycles. The van der Waals surface area contributed by atoms with Crippen molar-refractivity contribution in [1.29, 1.82) is 0 Å². The fraction of sp³-hybridized carbons (Fsp3) is 0.286. The average Bonchev–Trinajstić information content (AvgIpc) is 3.03. The molecule has 0 radical (unpaired) electrons. The van der Waals surface area contributed by atoms with Gasteiger partial charge in [0.15, 0.2) is 0 Å². The first-order valence-corrected chi connectivity index (χ1v) is 9.80. The van der Waals surface area contributed by atoms with Crippen molar-refractivity contribution in [2.75, 3.05) is 13.1 Å². The predicted molar refractivity (Wildman–Crippen MR) is 118 cm³/mol. The molecule has 0 saturated carbocycles. The lowest BCUT2D eigenvalue weighted by Crippen LogP contribution is -2.52. The second kappa shape index (κ2) is 8.34. The molecule has 2 N–H and O–H groups in total. The fourth-order valence-corrected chi connectivity index (χ4v) is 4.32. The zero-order valence-electron chi connectivity index (χ0n) is 15.5. The third kappa shape index (κ3) is 3.62. The third-order valence-electron chi connectivity index (χ3n) is 5.48. The van der Waals surface area contributed by atoms with E-state index in [1.165, 1.54) is 0 Å². The number of rotatable bonds is 3. The normalized spacial score (nSPS) is 15.8. The van der Waals surface area contributed by atoms with E-state index in [1.54, 1.807) is 6.07 Å². The molecule has 148 valence electrons. The first kappa shape index (κ1) is 21.0. The van der Waals surface area contributed by atoms with E-state index >= 15 is 0 Å². The van der Waals surface area contributed by atoms with E-state index in [4.69, 9.17) is 23.2 Å². The molecular weight excluding hydrogens is 417 g/mol. The Morgan fingerprint density at radius 1 is 1.11 bits per heavy atom. The van der Waals surface area contributed by atoms with Gasteiger partial charge in [0, 0.05) is 18.0 Å². The van der Waals surface area contributed by atoms with E-state index in [9.17, 15) is 4.79 Å². The third-order valence-corrected chi connectivity index (χ3v) is 6.30. The largest absolute Gasteiger partial charge is 0.341 e. The summed E-state index contributed by atoms with van der Waals surface area (Å²) in [4.78, 5) is 13.2. The Kier molecular flexibility index (Phi) is 6.25. The molecule has 0 atom stereocenters. The molecule has 0 spiro atoms. The average molecular weight is 439 g/mol. The lowest BCUT2D eigenvalue weighted by atomic mass is 9.81. The Morgan fingerprint density at radius 3 is 2.46 bits per heavy atom. The minimum absolute atomic E-state index is 0. The Morgan fingerprint density at radius 2 is 1.79 bits per heavy atom. The van der Waals surface area contributed by atoms with Gasteiger partial charge in [0.2, 0.25) is 0 Å². The Bertz CT molecular complexity index is 995. The van der Waals surface area contributed by atoms with Gasteiger partial charge in [-0.15, -0.1) is 12.4 Å². The fourth-order valence-electron chi connectivity index (χ4n) is 3.95. The van der Waals surface area contributed by atoms with Gasteiger partial charge in [0.25, 0.3) is 5.91 Å². The standard InChI is InChI=1S/C21H21Cl2N3O.ClH/c1-26-17-8-7-16(22)19(23)15(17)13-18(26)20(27)25-21(9-11-24-12-10-21)14-5-3-2-4-6-14;/h2-8,13,24H,9-12H2,1H3,(H,25,27);1H. The number of fused-ring (bicyclic) bond motifs is 1. The van der Waals surface area contributed by atoms with Crippen molar-refractivity contribution in [3.05, 3.63) is 69.8 Å². The number of nitrogens with one attached hydrogen (secondary N) is 2. The maximum atomic E-state index is 13.2. The van der Waals surface area contributed by atoms with Gasteiger partial charge in [-0.1, -0.05) is 53.5 Å². The molecular formula is C21H22Cl3N3O. The van der Waals surface area contributed by atoms with E-state index in [-0.39, 0.29) is 23.9 Å².